The molecule has 0 aliphatic rings. The third-order valence-electron chi connectivity index (χ3n) is 4.60. The SMILES string of the molecule is COc1cccc(C(=O)O)c1OCC(=O)N(Cc1ccccc1)Cc1cccc(F)c1. The van der Waals surface area contributed by atoms with Crippen LogP contribution in [0.3, 0.4) is 0 Å². The molecule has 0 heterocycles. The van der Waals surface area contributed by atoms with Gasteiger partial charge in [0.25, 0.3) is 5.91 Å². The van der Waals surface area contributed by atoms with Crippen molar-refractivity contribution in [2.45, 2.75) is 13.1 Å². The lowest BCUT2D eigenvalue weighted by atomic mass is 10.1. The van der Waals surface area contributed by atoms with Gasteiger partial charge < -0.3 is 19.5 Å². The molecule has 1 N–H and O–H groups in total. The smallest absolute Gasteiger partial charge is 0.339 e. The summed E-state index contributed by atoms with van der Waals surface area (Å²) in [5.74, 6) is -1.76. The highest BCUT2D eigenvalue weighted by atomic mass is 19.1. The Hall–Kier alpha value is -3.87. The van der Waals surface area contributed by atoms with Gasteiger partial charge in [-0.1, -0.05) is 48.5 Å². The third-order valence-corrected chi connectivity index (χ3v) is 4.60. The van der Waals surface area contributed by atoms with Crippen molar-refractivity contribution in [2.24, 2.45) is 0 Å². The van der Waals surface area contributed by atoms with Gasteiger partial charge in [-0.05, 0) is 35.4 Å². The van der Waals surface area contributed by atoms with E-state index in [1.54, 1.807) is 18.2 Å². The number of amides is 1. The highest BCUT2D eigenvalue weighted by Gasteiger charge is 2.20. The van der Waals surface area contributed by atoms with Crippen molar-refractivity contribution in [2.75, 3.05) is 13.7 Å². The molecular weight excluding hydrogens is 401 g/mol. The van der Waals surface area contributed by atoms with E-state index >= 15 is 0 Å². The molecule has 0 bridgehead atoms. The van der Waals surface area contributed by atoms with E-state index in [9.17, 15) is 19.1 Å². The number of halogens is 1. The van der Waals surface area contributed by atoms with Crippen LogP contribution in [-0.2, 0) is 17.9 Å². The summed E-state index contributed by atoms with van der Waals surface area (Å²) < 4.78 is 24.4. The average molecular weight is 423 g/mol. The molecule has 0 aliphatic heterocycles. The summed E-state index contributed by atoms with van der Waals surface area (Å²) >= 11 is 0. The summed E-state index contributed by atoms with van der Waals surface area (Å²) in [6.45, 7) is 0.0621. The molecule has 0 atom stereocenters. The minimum absolute atomic E-state index is 0.0173. The number of para-hydroxylation sites is 1. The second kappa shape index (κ2) is 10.2. The molecule has 31 heavy (non-hydrogen) atoms. The highest BCUT2D eigenvalue weighted by Crippen LogP contribution is 2.31. The highest BCUT2D eigenvalue weighted by molar-refractivity contribution is 5.92. The maximum absolute atomic E-state index is 13.6. The second-order valence-electron chi connectivity index (χ2n) is 6.80. The first-order valence-corrected chi connectivity index (χ1v) is 9.57. The summed E-state index contributed by atoms with van der Waals surface area (Å²) in [6.07, 6.45) is 0. The summed E-state index contributed by atoms with van der Waals surface area (Å²) in [5, 5.41) is 9.41. The van der Waals surface area contributed by atoms with Gasteiger partial charge in [0.15, 0.2) is 18.1 Å². The van der Waals surface area contributed by atoms with E-state index in [0.717, 1.165) is 5.56 Å². The fraction of sp³-hybridized carbons (Fsp3) is 0.167. The van der Waals surface area contributed by atoms with Crippen LogP contribution in [0.2, 0.25) is 0 Å². The van der Waals surface area contributed by atoms with Crippen LogP contribution in [0.25, 0.3) is 0 Å². The third kappa shape index (κ3) is 5.82. The standard InChI is InChI=1S/C24H22FNO5/c1-30-21-12-6-11-20(24(28)29)23(21)31-16-22(27)26(14-17-7-3-2-4-8-17)15-18-9-5-10-19(25)13-18/h2-13H,14-16H2,1H3,(H,28,29). The Labute approximate surface area is 179 Å². The van der Waals surface area contributed by atoms with Crippen molar-refractivity contribution < 1.29 is 28.6 Å². The van der Waals surface area contributed by atoms with Gasteiger partial charge in [0.1, 0.15) is 11.4 Å². The molecule has 6 nitrogen and oxygen atoms in total. The van der Waals surface area contributed by atoms with E-state index in [0.29, 0.717) is 5.56 Å². The van der Waals surface area contributed by atoms with E-state index in [4.69, 9.17) is 9.47 Å². The summed E-state index contributed by atoms with van der Waals surface area (Å²) in [5.41, 5.74) is 1.43. The maximum Gasteiger partial charge on any atom is 0.339 e. The van der Waals surface area contributed by atoms with E-state index in [1.807, 2.05) is 30.3 Å². The number of nitrogens with zero attached hydrogens (tertiary/aromatic N) is 1. The molecule has 0 unspecified atom stereocenters. The Morgan fingerprint density at radius 2 is 1.61 bits per heavy atom. The lowest BCUT2D eigenvalue weighted by Gasteiger charge is -2.24. The largest absolute Gasteiger partial charge is 0.493 e. The van der Waals surface area contributed by atoms with Crippen molar-refractivity contribution in [3.05, 3.63) is 95.3 Å². The van der Waals surface area contributed by atoms with Gasteiger partial charge in [-0.3, -0.25) is 4.79 Å². The number of ether oxygens (including phenoxy) is 2. The molecular formula is C24H22FNO5. The summed E-state index contributed by atoms with van der Waals surface area (Å²) in [6, 6.07) is 19.9. The molecule has 0 fully saturated rings. The summed E-state index contributed by atoms with van der Waals surface area (Å²) in [4.78, 5) is 26.1. The van der Waals surface area contributed by atoms with E-state index in [1.165, 1.54) is 36.3 Å². The van der Waals surface area contributed by atoms with Crippen molar-refractivity contribution in [1.82, 2.24) is 4.90 Å². The van der Waals surface area contributed by atoms with Gasteiger partial charge >= 0.3 is 5.97 Å². The van der Waals surface area contributed by atoms with E-state index < -0.39 is 12.6 Å². The normalized spacial score (nSPS) is 10.4. The van der Waals surface area contributed by atoms with E-state index in [2.05, 4.69) is 0 Å². The number of rotatable bonds is 9. The molecule has 0 aliphatic carbocycles. The number of carboxylic acid groups (broad SMARTS) is 1. The van der Waals surface area contributed by atoms with Gasteiger partial charge in [-0.25, -0.2) is 9.18 Å². The predicted molar refractivity (Wildman–Crippen MR) is 113 cm³/mol. The van der Waals surface area contributed by atoms with Crippen LogP contribution in [0, 0.1) is 5.82 Å². The first kappa shape index (κ1) is 21.8. The lowest BCUT2D eigenvalue weighted by molar-refractivity contribution is -0.134. The van der Waals surface area contributed by atoms with Gasteiger partial charge in [0.2, 0.25) is 0 Å². The number of carbonyl (C=O) groups is 2. The van der Waals surface area contributed by atoms with Crippen LogP contribution in [0.5, 0.6) is 11.5 Å². The first-order chi connectivity index (χ1) is 15.0. The number of carbonyl (C=O) groups excluding carboxylic acids is 1. The van der Waals surface area contributed by atoms with Gasteiger partial charge in [-0.15, -0.1) is 0 Å². The minimum atomic E-state index is -1.19. The Kier molecular flexibility index (Phi) is 7.22. The number of hydrogen-bond acceptors (Lipinski definition) is 4. The molecule has 3 rings (SSSR count). The molecule has 0 radical (unpaired) electrons. The quantitative estimate of drug-likeness (QED) is 0.560. The van der Waals surface area contributed by atoms with Crippen molar-refractivity contribution in [1.29, 1.82) is 0 Å². The molecule has 0 aromatic heterocycles. The average Bonchev–Trinajstić information content (AvgIpc) is 2.77. The first-order valence-electron chi connectivity index (χ1n) is 9.57. The Balaban J connectivity index is 1.81. The van der Waals surface area contributed by atoms with Crippen LogP contribution in [-0.4, -0.2) is 35.6 Å². The lowest BCUT2D eigenvalue weighted by Crippen LogP contribution is -2.34. The monoisotopic (exact) mass is 423 g/mol. The molecule has 160 valence electrons. The number of benzene rings is 3. The van der Waals surface area contributed by atoms with Gasteiger partial charge in [0, 0.05) is 13.1 Å². The number of carboxylic acids is 1. The molecule has 3 aromatic carbocycles. The molecule has 7 heteroatoms. The molecule has 0 spiro atoms. The van der Waals surface area contributed by atoms with Crippen LogP contribution in [0.1, 0.15) is 21.5 Å². The zero-order valence-electron chi connectivity index (χ0n) is 17.0. The van der Waals surface area contributed by atoms with Gasteiger partial charge in [0.05, 0.1) is 7.11 Å². The Morgan fingerprint density at radius 3 is 2.29 bits per heavy atom. The fourth-order valence-electron chi connectivity index (χ4n) is 3.11. The Bertz CT molecular complexity index is 1050. The number of methoxy groups -OCH3 is 1. The van der Waals surface area contributed by atoms with Crippen molar-refractivity contribution in [3.8, 4) is 11.5 Å². The topological polar surface area (TPSA) is 76.1 Å². The molecule has 1 amide bonds. The number of aromatic carboxylic acids is 1. The fourth-order valence-corrected chi connectivity index (χ4v) is 3.11. The summed E-state index contributed by atoms with van der Waals surface area (Å²) in [7, 11) is 1.39. The second-order valence-corrected chi connectivity index (χ2v) is 6.80. The zero-order chi connectivity index (χ0) is 22.2. The maximum atomic E-state index is 13.6. The van der Waals surface area contributed by atoms with Crippen LogP contribution >= 0.6 is 0 Å². The molecule has 3 aromatic rings. The number of hydrogen-bond donors (Lipinski definition) is 1. The minimum Gasteiger partial charge on any atom is -0.493 e. The van der Waals surface area contributed by atoms with Crippen LogP contribution in [0.15, 0.2) is 72.8 Å². The van der Waals surface area contributed by atoms with Crippen molar-refractivity contribution >= 4 is 11.9 Å². The molecule has 0 saturated carbocycles. The van der Waals surface area contributed by atoms with E-state index in [-0.39, 0.29) is 41.9 Å². The molecule has 0 saturated heterocycles. The zero-order valence-corrected chi connectivity index (χ0v) is 17.0. The van der Waals surface area contributed by atoms with Crippen LogP contribution in [0.4, 0.5) is 4.39 Å². The van der Waals surface area contributed by atoms with Crippen LogP contribution < -0.4 is 9.47 Å². The Morgan fingerprint density at radius 1 is 0.935 bits per heavy atom. The predicted octanol–water partition coefficient (Wildman–Crippen LogP) is 4.14. The van der Waals surface area contributed by atoms with Crippen molar-refractivity contribution in [3.63, 3.8) is 0 Å². The van der Waals surface area contributed by atoms with Gasteiger partial charge in [-0.2, -0.15) is 0 Å².